The lowest BCUT2D eigenvalue weighted by Crippen LogP contribution is -2.17. The Balaban J connectivity index is 2.17. The second-order valence-corrected chi connectivity index (χ2v) is 4.82. The second-order valence-electron chi connectivity index (χ2n) is 4.39. The fourth-order valence-corrected chi connectivity index (χ4v) is 1.86. The second kappa shape index (κ2) is 5.99. The van der Waals surface area contributed by atoms with Crippen molar-refractivity contribution < 1.29 is 9.13 Å². The molecule has 0 aliphatic heterocycles. The highest BCUT2D eigenvalue weighted by molar-refractivity contribution is 6.30. The largest absolute Gasteiger partial charge is 0.453 e. The molecule has 0 aliphatic rings. The molecule has 0 bridgehead atoms. The third-order valence-electron chi connectivity index (χ3n) is 2.46. The first-order valence-electron chi connectivity index (χ1n) is 5.87. The van der Waals surface area contributed by atoms with Crippen LogP contribution in [-0.2, 0) is 6.42 Å². The molecule has 1 aromatic heterocycles. The summed E-state index contributed by atoms with van der Waals surface area (Å²) in [4.78, 5) is 3.87. The molecule has 0 radical (unpaired) electrons. The van der Waals surface area contributed by atoms with Crippen molar-refractivity contribution in [3.05, 3.63) is 53.1 Å². The van der Waals surface area contributed by atoms with Crippen LogP contribution in [0.1, 0.15) is 12.5 Å². The fraction of sp³-hybridized carbons (Fsp3) is 0.214. The summed E-state index contributed by atoms with van der Waals surface area (Å²) in [6.07, 6.45) is 3.58. The highest BCUT2D eigenvalue weighted by Gasteiger charge is 2.08. The predicted octanol–water partition coefficient (Wildman–Crippen LogP) is 3.56. The molecule has 2 aromatic rings. The van der Waals surface area contributed by atoms with Crippen molar-refractivity contribution in [3.63, 3.8) is 0 Å². The van der Waals surface area contributed by atoms with E-state index in [1.807, 2.05) is 6.92 Å². The predicted molar refractivity (Wildman–Crippen MR) is 73.1 cm³/mol. The summed E-state index contributed by atoms with van der Waals surface area (Å²) in [5.74, 6) is 0.0990. The smallest absolute Gasteiger partial charge is 0.165 e. The summed E-state index contributed by atoms with van der Waals surface area (Å²) < 4.78 is 19.3. The van der Waals surface area contributed by atoms with Gasteiger partial charge >= 0.3 is 0 Å². The van der Waals surface area contributed by atoms with Crippen LogP contribution in [0.5, 0.6) is 11.5 Å². The quantitative estimate of drug-likeness (QED) is 0.931. The Morgan fingerprint density at radius 3 is 2.79 bits per heavy atom. The van der Waals surface area contributed by atoms with E-state index in [0.717, 1.165) is 5.56 Å². The summed E-state index contributed by atoms with van der Waals surface area (Å²) in [6.45, 7) is 1.87. The van der Waals surface area contributed by atoms with Gasteiger partial charge in [0.1, 0.15) is 5.75 Å². The summed E-state index contributed by atoms with van der Waals surface area (Å²) in [5, 5.41) is 0.437. The summed E-state index contributed by atoms with van der Waals surface area (Å²) >= 11 is 5.78. The fourth-order valence-electron chi connectivity index (χ4n) is 1.70. The molecule has 0 aliphatic carbocycles. The summed E-state index contributed by atoms with van der Waals surface area (Å²) in [7, 11) is 0. The summed E-state index contributed by atoms with van der Waals surface area (Å²) in [5.41, 5.74) is 6.51. The van der Waals surface area contributed by atoms with Crippen molar-refractivity contribution in [2.24, 2.45) is 5.73 Å². The van der Waals surface area contributed by atoms with E-state index in [4.69, 9.17) is 22.1 Å². The Bertz CT molecular complexity index is 575. The van der Waals surface area contributed by atoms with Gasteiger partial charge in [-0.15, -0.1) is 0 Å². The topological polar surface area (TPSA) is 48.1 Å². The van der Waals surface area contributed by atoms with Crippen LogP contribution in [0.15, 0.2) is 36.7 Å². The lowest BCUT2D eigenvalue weighted by molar-refractivity contribution is 0.440. The van der Waals surface area contributed by atoms with Crippen molar-refractivity contribution in [2.45, 2.75) is 19.4 Å². The maximum atomic E-state index is 13.9. The van der Waals surface area contributed by atoms with E-state index in [-0.39, 0.29) is 11.8 Å². The molecule has 100 valence electrons. The molecule has 0 saturated carbocycles. The first kappa shape index (κ1) is 13.8. The van der Waals surface area contributed by atoms with Gasteiger partial charge in [-0.2, -0.15) is 0 Å². The minimum atomic E-state index is -0.432. The number of ether oxygens (including phenoxy) is 1. The minimum Gasteiger partial charge on any atom is -0.453 e. The lowest BCUT2D eigenvalue weighted by atomic mass is 10.1. The molecule has 1 aromatic carbocycles. The zero-order valence-corrected chi connectivity index (χ0v) is 11.2. The van der Waals surface area contributed by atoms with Crippen LogP contribution in [-0.4, -0.2) is 11.0 Å². The SMILES string of the molecule is CC(N)Cc1ccc(Oc2cncc(Cl)c2)c(F)c1. The van der Waals surface area contributed by atoms with Crippen LogP contribution in [0.25, 0.3) is 0 Å². The number of hydrogen-bond acceptors (Lipinski definition) is 3. The van der Waals surface area contributed by atoms with Crippen LogP contribution in [0.4, 0.5) is 4.39 Å². The van der Waals surface area contributed by atoms with Crippen molar-refractivity contribution >= 4 is 11.6 Å². The van der Waals surface area contributed by atoms with Gasteiger partial charge in [0, 0.05) is 18.3 Å². The number of aromatic nitrogens is 1. The zero-order chi connectivity index (χ0) is 13.8. The van der Waals surface area contributed by atoms with E-state index < -0.39 is 5.82 Å². The van der Waals surface area contributed by atoms with Crippen LogP contribution in [0.3, 0.4) is 0 Å². The summed E-state index contributed by atoms with van der Waals surface area (Å²) in [6, 6.07) is 6.36. The van der Waals surface area contributed by atoms with Crippen molar-refractivity contribution in [3.8, 4) is 11.5 Å². The van der Waals surface area contributed by atoms with Gasteiger partial charge in [-0.05, 0) is 31.0 Å². The number of halogens is 2. The molecular formula is C14H14ClFN2O. The number of pyridine rings is 1. The van der Waals surface area contributed by atoms with Gasteiger partial charge < -0.3 is 10.5 Å². The van der Waals surface area contributed by atoms with Gasteiger partial charge in [-0.25, -0.2) is 4.39 Å². The number of hydrogen-bond donors (Lipinski definition) is 1. The number of nitrogens with zero attached hydrogens (tertiary/aromatic N) is 1. The Kier molecular flexibility index (Phi) is 4.35. The van der Waals surface area contributed by atoms with Gasteiger partial charge in [-0.3, -0.25) is 4.98 Å². The van der Waals surface area contributed by atoms with Crippen LogP contribution in [0.2, 0.25) is 5.02 Å². The Morgan fingerprint density at radius 1 is 1.37 bits per heavy atom. The van der Waals surface area contributed by atoms with E-state index in [0.29, 0.717) is 17.2 Å². The average molecular weight is 281 g/mol. The lowest BCUT2D eigenvalue weighted by Gasteiger charge is -2.09. The Morgan fingerprint density at radius 2 is 2.16 bits per heavy atom. The van der Waals surface area contributed by atoms with Gasteiger partial charge in [0.15, 0.2) is 11.6 Å². The van der Waals surface area contributed by atoms with Crippen molar-refractivity contribution in [1.29, 1.82) is 0 Å². The Labute approximate surface area is 116 Å². The number of nitrogens with two attached hydrogens (primary N) is 1. The monoisotopic (exact) mass is 280 g/mol. The van der Waals surface area contributed by atoms with Gasteiger partial charge in [0.2, 0.25) is 0 Å². The highest BCUT2D eigenvalue weighted by Crippen LogP contribution is 2.26. The molecule has 0 spiro atoms. The molecule has 5 heteroatoms. The first-order chi connectivity index (χ1) is 9.04. The van der Waals surface area contributed by atoms with Crippen molar-refractivity contribution in [1.82, 2.24) is 4.98 Å². The van der Waals surface area contributed by atoms with Gasteiger partial charge in [0.05, 0.1) is 11.2 Å². The average Bonchev–Trinajstić information content (AvgIpc) is 2.32. The number of rotatable bonds is 4. The van der Waals surface area contributed by atoms with Crippen LogP contribution in [0, 0.1) is 5.82 Å². The molecule has 3 nitrogen and oxygen atoms in total. The maximum absolute atomic E-state index is 13.9. The molecule has 1 unspecified atom stereocenters. The molecule has 19 heavy (non-hydrogen) atoms. The molecular weight excluding hydrogens is 267 g/mol. The highest BCUT2D eigenvalue weighted by atomic mass is 35.5. The standard InChI is InChI=1S/C14H14ClFN2O/c1-9(17)4-10-2-3-14(13(16)5-10)19-12-6-11(15)7-18-8-12/h2-3,5-9H,4,17H2,1H3. The van der Waals surface area contributed by atoms with Crippen LogP contribution >= 0.6 is 11.6 Å². The molecule has 0 fully saturated rings. The zero-order valence-electron chi connectivity index (χ0n) is 10.4. The van der Waals surface area contributed by atoms with E-state index >= 15 is 0 Å². The first-order valence-corrected chi connectivity index (χ1v) is 6.25. The molecule has 2 rings (SSSR count). The van der Waals surface area contributed by atoms with Crippen LogP contribution < -0.4 is 10.5 Å². The minimum absolute atomic E-state index is 0.0108. The van der Waals surface area contributed by atoms with Crippen molar-refractivity contribution in [2.75, 3.05) is 0 Å². The Hall–Kier alpha value is -1.65. The molecule has 0 amide bonds. The van der Waals surface area contributed by atoms with E-state index in [1.165, 1.54) is 18.5 Å². The van der Waals surface area contributed by atoms with E-state index in [9.17, 15) is 4.39 Å². The third-order valence-corrected chi connectivity index (χ3v) is 2.67. The van der Waals surface area contributed by atoms with E-state index in [1.54, 1.807) is 18.2 Å². The van der Waals surface area contributed by atoms with Gasteiger partial charge in [0.25, 0.3) is 0 Å². The third kappa shape index (κ3) is 3.91. The van der Waals surface area contributed by atoms with Gasteiger partial charge in [-0.1, -0.05) is 17.7 Å². The van der Waals surface area contributed by atoms with E-state index in [2.05, 4.69) is 4.98 Å². The normalized spacial score (nSPS) is 12.2. The molecule has 2 N–H and O–H groups in total. The number of benzene rings is 1. The molecule has 0 saturated heterocycles. The maximum Gasteiger partial charge on any atom is 0.165 e. The molecule has 1 heterocycles. The molecule has 1 atom stereocenters.